The molecule has 1 aromatic heterocycles. The Balaban J connectivity index is 1.43. The SMILES string of the molecule is COc1ccc(S(=O)(=O)N2CCN(c3ccc(-c4ccc(Cl)cc4Cl)nn3)CC2)cc1. The van der Waals surface area contributed by atoms with Gasteiger partial charge in [-0.2, -0.15) is 4.31 Å². The molecule has 0 unspecified atom stereocenters. The molecular weight excluding hydrogens is 459 g/mol. The molecule has 1 aliphatic rings. The van der Waals surface area contributed by atoms with E-state index in [1.165, 1.54) is 4.31 Å². The Bertz CT molecular complexity index is 1160. The monoisotopic (exact) mass is 478 g/mol. The number of benzene rings is 2. The third kappa shape index (κ3) is 4.62. The van der Waals surface area contributed by atoms with Gasteiger partial charge in [0.25, 0.3) is 0 Å². The summed E-state index contributed by atoms with van der Waals surface area (Å²) in [6, 6.07) is 15.3. The average molecular weight is 479 g/mol. The van der Waals surface area contributed by atoms with Crippen LogP contribution >= 0.6 is 23.2 Å². The maximum absolute atomic E-state index is 12.9. The lowest BCUT2D eigenvalue weighted by atomic mass is 10.1. The molecule has 7 nitrogen and oxygen atoms in total. The highest BCUT2D eigenvalue weighted by Gasteiger charge is 2.29. The second-order valence-electron chi connectivity index (χ2n) is 6.97. The van der Waals surface area contributed by atoms with Crippen molar-refractivity contribution in [1.82, 2.24) is 14.5 Å². The second kappa shape index (κ2) is 9.00. The normalized spacial score (nSPS) is 15.1. The van der Waals surface area contributed by atoms with E-state index < -0.39 is 10.0 Å². The molecule has 31 heavy (non-hydrogen) atoms. The van der Waals surface area contributed by atoms with Crippen molar-refractivity contribution in [2.24, 2.45) is 0 Å². The summed E-state index contributed by atoms with van der Waals surface area (Å²) in [6.45, 7) is 1.76. The molecule has 0 radical (unpaired) electrons. The van der Waals surface area contributed by atoms with Crippen LogP contribution in [0.1, 0.15) is 0 Å². The second-order valence-corrected chi connectivity index (χ2v) is 9.75. The molecule has 2 heterocycles. The van der Waals surface area contributed by atoms with Crippen LogP contribution in [0.25, 0.3) is 11.3 Å². The van der Waals surface area contributed by atoms with Gasteiger partial charge in [-0.25, -0.2) is 8.42 Å². The summed E-state index contributed by atoms with van der Waals surface area (Å²) < 4.78 is 32.4. The third-order valence-electron chi connectivity index (χ3n) is 5.12. The summed E-state index contributed by atoms with van der Waals surface area (Å²) in [5, 5.41) is 9.66. The molecule has 0 spiro atoms. The fourth-order valence-electron chi connectivity index (χ4n) is 3.39. The summed E-state index contributed by atoms with van der Waals surface area (Å²) >= 11 is 12.2. The van der Waals surface area contributed by atoms with Crippen LogP contribution in [-0.4, -0.2) is 56.2 Å². The van der Waals surface area contributed by atoms with Gasteiger partial charge in [0.1, 0.15) is 5.75 Å². The largest absolute Gasteiger partial charge is 0.497 e. The highest BCUT2D eigenvalue weighted by atomic mass is 35.5. The summed E-state index contributed by atoms with van der Waals surface area (Å²) in [7, 11) is -2.01. The molecular formula is C21H20Cl2N4O3S. The van der Waals surface area contributed by atoms with Crippen molar-refractivity contribution in [3.8, 4) is 17.0 Å². The molecule has 1 aliphatic heterocycles. The smallest absolute Gasteiger partial charge is 0.243 e. The van der Waals surface area contributed by atoms with Gasteiger partial charge in [-0.05, 0) is 54.6 Å². The number of aromatic nitrogens is 2. The van der Waals surface area contributed by atoms with E-state index in [4.69, 9.17) is 27.9 Å². The molecule has 0 bridgehead atoms. The van der Waals surface area contributed by atoms with Crippen molar-refractivity contribution in [3.63, 3.8) is 0 Å². The number of piperazine rings is 1. The fourth-order valence-corrected chi connectivity index (χ4v) is 5.32. The van der Waals surface area contributed by atoms with Crippen LogP contribution in [0.15, 0.2) is 59.5 Å². The lowest BCUT2D eigenvalue weighted by Crippen LogP contribution is -2.48. The van der Waals surface area contributed by atoms with E-state index in [-0.39, 0.29) is 4.90 Å². The van der Waals surface area contributed by atoms with Crippen LogP contribution in [-0.2, 0) is 10.0 Å². The quantitative estimate of drug-likeness (QED) is 0.552. The maximum Gasteiger partial charge on any atom is 0.243 e. The number of nitrogens with zero attached hydrogens (tertiary/aromatic N) is 4. The number of hydrogen-bond acceptors (Lipinski definition) is 6. The Morgan fingerprint density at radius 2 is 1.61 bits per heavy atom. The first kappa shape index (κ1) is 21.8. The molecule has 0 aliphatic carbocycles. The van der Waals surface area contributed by atoms with Gasteiger partial charge < -0.3 is 9.64 Å². The van der Waals surface area contributed by atoms with Crippen LogP contribution in [0, 0.1) is 0 Å². The molecule has 0 saturated carbocycles. The van der Waals surface area contributed by atoms with Crippen LogP contribution in [0.2, 0.25) is 10.0 Å². The molecule has 3 aromatic rings. The molecule has 162 valence electrons. The molecule has 10 heteroatoms. The molecule has 0 amide bonds. The predicted octanol–water partition coefficient (Wildman–Crippen LogP) is 3.97. The van der Waals surface area contributed by atoms with Gasteiger partial charge in [-0.3, -0.25) is 0 Å². The van der Waals surface area contributed by atoms with E-state index in [0.717, 1.165) is 5.56 Å². The van der Waals surface area contributed by atoms with Crippen molar-refractivity contribution in [3.05, 3.63) is 64.6 Å². The van der Waals surface area contributed by atoms with Crippen LogP contribution < -0.4 is 9.64 Å². The van der Waals surface area contributed by atoms with E-state index >= 15 is 0 Å². The molecule has 1 saturated heterocycles. The Morgan fingerprint density at radius 1 is 0.903 bits per heavy atom. The van der Waals surface area contributed by atoms with Crippen LogP contribution in [0.5, 0.6) is 5.75 Å². The van der Waals surface area contributed by atoms with Gasteiger partial charge in [0, 0.05) is 36.8 Å². The van der Waals surface area contributed by atoms with E-state index in [9.17, 15) is 8.42 Å². The zero-order valence-electron chi connectivity index (χ0n) is 16.7. The summed E-state index contributed by atoms with van der Waals surface area (Å²) in [4.78, 5) is 2.27. The number of ether oxygens (including phenoxy) is 1. The number of halogens is 2. The Morgan fingerprint density at radius 3 is 2.19 bits per heavy atom. The number of rotatable bonds is 5. The summed E-state index contributed by atoms with van der Waals surface area (Å²) in [6.07, 6.45) is 0. The topological polar surface area (TPSA) is 75.6 Å². The number of sulfonamides is 1. The van der Waals surface area contributed by atoms with Gasteiger partial charge in [0.2, 0.25) is 10.0 Å². The van der Waals surface area contributed by atoms with E-state index in [1.54, 1.807) is 49.6 Å². The van der Waals surface area contributed by atoms with Crippen LogP contribution in [0.3, 0.4) is 0 Å². The fraction of sp³-hybridized carbons (Fsp3) is 0.238. The van der Waals surface area contributed by atoms with Gasteiger partial charge in [0.15, 0.2) is 5.82 Å². The van der Waals surface area contributed by atoms with Gasteiger partial charge in [-0.15, -0.1) is 10.2 Å². The Kier molecular flexibility index (Phi) is 6.34. The first-order valence-electron chi connectivity index (χ1n) is 9.57. The van der Waals surface area contributed by atoms with Crippen molar-refractivity contribution >= 4 is 39.0 Å². The molecule has 4 rings (SSSR count). The molecule has 0 N–H and O–H groups in total. The number of anilines is 1. The highest BCUT2D eigenvalue weighted by molar-refractivity contribution is 7.89. The Labute approximate surface area is 191 Å². The van der Waals surface area contributed by atoms with E-state index in [0.29, 0.717) is 53.5 Å². The van der Waals surface area contributed by atoms with Gasteiger partial charge in [-0.1, -0.05) is 23.2 Å². The molecule has 2 aromatic carbocycles. The molecule has 1 fully saturated rings. The number of hydrogen-bond donors (Lipinski definition) is 0. The third-order valence-corrected chi connectivity index (χ3v) is 7.58. The maximum atomic E-state index is 12.9. The van der Waals surface area contributed by atoms with Crippen molar-refractivity contribution in [2.75, 3.05) is 38.2 Å². The highest BCUT2D eigenvalue weighted by Crippen LogP contribution is 2.29. The summed E-state index contributed by atoms with van der Waals surface area (Å²) in [5.41, 5.74) is 1.40. The van der Waals surface area contributed by atoms with E-state index in [1.807, 2.05) is 17.0 Å². The lowest BCUT2D eigenvalue weighted by molar-refractivity contribution is 0.383. The van der Waals surface area contributed by atoms with Crippen molar-refractivity contribution in [1.29, 1.82) is 0 Å². The lowest BCUT2D eigenvalue weighted by Gasteiger charge is -2.34. The number of methoxy groups -OCH3 is 1. The average Bonchev–Trinajstić information content (AvgIpc) is 2.79. The minimum absolute atomic E-state index is 0.255. The summed E-state index contributed by atoms with van der Waals surface area (Å²) in [5.74, 6) is 1.31. The first-order valence-corrected chi connectivity index (χ1v) is 11.8. The minimum atomic E-state index is -3.55. The van der Waals surface area contributed by atoms with Crippen molar-refractivity contribution < 1.29 is 13.2 Å². The molecule has 0 atom stereocenters. The Hall–Kier alpha value is -2.39. The minimum Gasteiger partial charge on any atom is -0.497 e. The van der Waals surface area contributed by atoms with Crippen molar-refractivity contribution in [2.45, 2.75) is 4.90 Å². The van der Waals surface area contributed by atoms with E-state index in [2.05, 4.69) is 10.2 Å². The first-order chi connectivity index (χ1) is 14.9. The van der Waals surface area contributed by atoms with Crippen LogP contribution in [0.4, 0.5) is 5.82 Å². The predicted molar refractivity (Wildman–Crippen MR) is 121 cm³/mol. The standard InChI is InChI=1S/C21H20Cl2N4O3S/c1-30-16-3-5-17(6-4-16)31(28,29)27-12-10-26(11-13-27)21-9-8-20(24-25-21)18-7-2-15(22)14-19(18)23/h2-9,14H,10-13H2,1H3. The zero-order chi connectivity index (χ0) is 22.0. The zero-order valence-corrected chi connectivity index (χ0v) is 19.0. The van der Waals surface area contributed by atoms with Gasteiger partial charge in [0.05, 0.1) is 22.7 Å². The van der Waals surface area contributed by atoms with Gasteiger partial charge >= 0.3 is 0 Å².